The zero-order valence-corrected chi connectivity index (χ0v) is 13.9. The second kappa shape index (κ2) is 7.32. The fraction of sp³-hybridized carbons (Fsp3) is 0.312. The zero-order valence-electron chi connectivity index (χ0n) is 13.1. The second-order valence-electron chi connectivity index (χ2n) is 5.45. The van der Waals surface area contributed by atoms with Crippen LogP contribution in [0.5, 0.6) is 0 Å². The number of aromatic nitrogens is 1. The van der Waals surface area contributed by atoms with E-state index < -0.39 is 23.7 Å². The van der Waals surface area contributed by atoms with Crippen molar-refractivity contribution in [2.75, 3.05) is 0 Å². The number of benzene rings is 1. The number of rotatable bonds is 4. The van der Waals surface area contributed by atoms with E-state index in [9.17, 15) is 14.0 Å². The summed E-state index contributed by atoms with van der Waals surface area (Å²) in [6.45, 7) is 3.66. The van der Waals surface area contributed by atoms with Gasteiger partial charge >= 0.3 is 0 Å². The molecule has 0 fully saturated rings. The monoisotopic (exact) mass is 335 g/mol. The molecule has 1 aromatic carbocycles. The number of amides is 2. The van der Waals surface area contributed by atoms with Crippen LogP contribution in [-0.4, -0.2) is 22.4 Å². The van der Waals surface area contributed by atoms with Crippen LogP contribution in [0.25, 0.3) is 0 Å². The summed E-state index contributed by atoms with van der Waals surface area (Å²) in [4.78, 5) is 29.2. The van der Waals surface area contributed by atoms with Gasteiger partial charge in [-0.05, 0) is 30.2 Å². The van der Waals surface area contributed by atoms with Crippen LogP contribution < -0.4 is 10.1 Å². The van der Waals surface area contributed by atoms with E-state index in [-0.39, 0.29) is 5.92 Å². The third-order valence-corrected chi connectivity index (χ3v) is 4.14. The molecule has 1 heterocycles. The molecule has 0 saturated heterocycles. The Balaban J connectivity index is 2.19. The van der Waals surface area contributed by atoms with E-state index in [1.54, 1.807) is 17.8 Å². The van der Waals surface area contributed by atoms with Crippen molar-refractivity contribution in [3.05, 3.63) is 52.0 Å². The van der Waals surface area contributed by atoms with Crippen molar-refractivity contribution in [3.63, 3.8) is 0 Å². The van der Waals surface area contributed by atoms with Crippen LogP contribution in [-0.2, 0) is 11.8 Å². The third kappa shape index (κ3) is 4.35. The number of halogens is 1. The molecule has 2 amide bonds. The predicted molar refractivity (Wildman–Crippen MR) is 86.4 cm³/mol. The lowest BCUT2D eigenvalue weighted by Crippen LogP contribution is -2.44. The van der Waals surface area contributed by atoms with Crippen molar-refractivity contribution in [2.45, 2.75) is 19.9 Å². The van der Waals surface area contributed by atoms with E-state index in [0.717, 1.165) is 0 Å². The van der Waals surface area contributed by atoms with Gasteiger partial charge in [-0.1, -0.05) is 13.8 Å². The van der Waals surface area contributed by atoms with Crippen LogP contribution in [0.4, 0.5) is 4.39 Å². The lowest BCUT2D eigenvalue weighted by molar-refractivity contribution is -0.120. The molecule has 23 heavy (non-hydrogen) atoms. The van der Waals surface area contributed by atoms with Crippen LogP contribution in [0.15, 0.2) is 40.8 Å². The molecular weight excluding hydrogens is 317 g/mol. The largest absolute Gasteiger partial charge is 0.340 e. The molecule has 0 aliphatic carbocycles. The molecule has 1 unspecified atom stereocenters. The van der Waals surface area contributed by atoms with Gasteiger partial charge in [-0.3, -0.25) is 9.59 Å². The van der Waals surface area contributed by atoms with E-state index in [4.69, 9.17) is 0 Å². The lowest BCUT2D eigenvalue weighted by Gasteiger charge is -2.18. The number of carbonyl (C=O) groups is 2. The van der Waals surface area contributed by atoms with Gasteiger partial charge in [-0.15, -0.1) is 11.3 Å². The Morgan fingerprint density at radius 1 is 1.26 bits per heavy atom. The highest BCUT2D eigenvalue weighted by Crippen LogP contribution is 2.08. The number of aryl methyl sites for hydroxylation is 1. The first-order chi connectivity index (χ1) is 10.9. The van der Waals surface area contributed by atoms with Crippen molar-refractivity contribution in [1.82, 2.24) is 9.88 Å². The van der Waals surface area contributed by atoms with E-state index in [1.165, 1.54) is 35.6 Å². The smallest absolute Gasteiger partial charge is 0.271 e. The standard InChI is InChI=1S/C16H18FN3O2S/c1-10(2)13(15(22)19-16-20(3)8-9-23-16)18-14(21)11-4-6-12(17)7-5-11/h4-10,13H,1-3H3,(H,18,21). The number of nitrogens with one attached hydrogen (secondary N) is 1. The SMILES string of the molecule is CC(C)C(NC(=O)c1ccc(F)cc1)C(=O)N=c1sccn1C. The maximum atomic E-state index is 12.9. The maximum absolute atomic E-state index is 12.9. The molecule has 0 aliphatic heterocycles. The molecule has 2 rings (SSSR count). The summed E-state index contributed by atoms with van der Waals surface area (Å²) >= 11 is 1.34. The molecule has 0 bridgehead atoms. The van der Waals surface area contributed by atoms with Crippen molar-refractivity contribution >= 4 is 23.2 Å². The molecule has 2 aromatic rings. The molecule has 0 saturated carbocycles. The predicted octanol–water partition coefficient (Wildman–Crippen LogP) is 2.11. The summed E-state index contributed by atoms with van der Waals surface area (Å²) in [6, 6.07) is 4.43. The maximum Gasteiger partial charge on any atom is 0.271 e. The molecular formula is C16H18FN3O2S. The Morgan fingerprint density at radius 2 is 1.91 bits per heavy atom. The van der Waals surface area contributed by atoms with Crippen LogP contribution in [0.2, 0.25) is 0 Å². The quantitative estimate of drug-likeness (QED) is 0.930. The molecule has 1 atom stereocenters. The molecule has 7 heteroatoms. The number of hydrogen-bond donors (Lipinski definition) is 1. The Labute approximate surface area is 137 Å². The fourth-order valence-electron chi connectivity index (χ4n) is 1.94. The molecule has 122 valence electrons. The minimum atomic E-state index is -0.741. The van der Waals surface area contributed by atoms with E-state index in [2.05, 4.69) is 10.3 Å². The highest BCUT2D eigenvalue weighted by Gasteiger charge is 2.24. The molecule has 1 N–H and O–H groups in total. The summed E-state index contributed by atoms with van der Waals surface area (Å²) < 4.78 is 14.7. The summed E-state index contributed by atoms with van der Waals surface area (Å²) in [6.07, 6.45) is 1.80. The summed E-state index contributed by atoms with van der Waals surface area (Å²) in [5.74, 6) is -1.38. The van der Waals surface area contributed by atoms with Crippen molar-refractivity contribution in [1.29, 1.82) is 0 Å². The van der Waals surface area contributed by atoms with Crippen LogP contribution in [0.1, 0.15) is 24.2 Å². The zero-order chi connectivity index (χ0) is 17.0. The number of thiazole rings is 1. The van der Waals surface area contributed by atoms with Gasteiger partial charge < -0.3 is 9.88 Å². The highest BCUT2D eigenvalue weighted by atomic mass is 32.1. The summed E-state index contributed by atoms with van der Waals surface area (Å²) in [7, 11) is 1.80. The number of carbonyl (C=O) groups excluding carboxylic acids is 2. The van der Waals surface area contributed by atoms with E-state index >= 15 is 0 Å². The van der Waals surface area contributed by atoms with Crippen LogP contribution in [0, 0.1) is 11.7 Å². The van der Waals surface area contributed by atoms with Gasteiger partial charge in [0.1, 0.15) is 11.9 Å². The normalized spacial score (nSPS) is 13.2. The van der Waals surface area contributed by atoms with Gasteiger partial charge in [-0.2, -0.15) is 4.99 Å². The Morgan fingerprint density at radius 3 is 2.43 bits per heavy atom. The van der Waals surface area contributed by atoms with Gasteiger partial charge in [0.05, 0.1) is 0 Å². The Bertz CT molecular complexity index is 762. The molecule has 1 aromatic heterocycles. The molecule has 0 spiro atoms. The fourth-order valence-corrected chi connectivity index (χ4v) is 2.67. The molecule has 0 radical (unpaired) electrons. The van der Waals surface area contributed by atoms with Crippen LogP contribution >= 0.6 is 11.3 Å². The Kier molecular flexibility index (Phi) is 5.44. The van der Waals surface area contributed by atoms with Gasteiger partial charge in [0.25, 0.3) is 11.8 Å². The van der Waals surface area contributed by atoms with Crippen molar-refractivity contribution in [2.24, 2.45) is 18.0 Å². The first-order valence-corrected chi connectivity index (χ1v) is 8.01. The van der Waals surface area contributed by atoms with Crippen LogP contribution in [0.3, 0.4) is 0 Å². The van der Waals surface area contributed by atoms with Crippen molar-refractivity contribution < 1.29 is 14.0 Å². The van der Waals surface area contributed by atoms with E-state index in [0.29, 0.717) is 10.4 Å². The molecule has 0 aliphatic rings. The lowest BCUT2D eigenvalue weighted by atomic mass is 10.0. The topological polar surface area (TPSA) is 63.5 Å². The summed E-state index contributed by atoms with van der Waals surface area (Å²) in [5.41, 5.74) is 0.298. The minimum absolute atomic E-state index is 0.124. The second-order valence-corrected chi connectivity index (χ2v) is 6.32. The Hall–Kier alpha value is -2.28. The number of nitrogens with zero attached hydrogens (tertiary/aromatic N) is 2. The van der Waals surface area contributed by atoms with Gasteiger partial charge in [-0.25, -0.2) is 4.39 Å². The van der Waals surface area contributed by atoms with Gasteiger partial charge in [0.15, 0.2) is 4.80 Å². The highest BCUT2D eigenvalue weighted by molar-refractivity contribution is 7.07. The number of hydrogen-bond acceptors (Lipinski definition) is 3. The minimum Gasteiger partial charge on any atom is -0.340 e. The van der Waals surface area contributed by atoms with E-state index in [1.807, 2.05) is 19.2 Å². The molecule has 5 nitrogen and oxygen atoms in total. The van der Waals surface area contributed by atoms with Gasteiger partial charge in [0.2, 0.25) is 0 Å². The summed E-state index contributed by atoms with van der Waals surface area (Å²) in [5, 5.41) is 4.50. The van der Waals surface area contributed by atoms with Crippen molar-refractivity contribution in [3.8, 4) is 0 Å². The first-order valence-electron chi connectivity index (χ1n) is 7.13. The first kappa shape index (κ1) is 17.1. The average molecular weight is 335 g/mol. The van der Waals surface area contributed by atoms with Gasteiger partial charge in [0, 0.05) is 24.2 Å². The third-order valence-electron chi connectivity index (χ3n) is 3.29. The average Bonchev–Trinajstić information content (AvgIpc) is 2.90.